The van der Waals surface area contributed by atoms with E-state index in [4.69, 9.17) is 0 Å². The van der Waals surface area contributed by atoms with E-state index >= 15 is 0 Å². The normalized spacial score (nSPS) is 10.2. The minimum Gasteiger partial charge on any atom is -0.149 e. The van der Waals surface area contributed by atoms with E-state index in [9.17, 15) is 0 Å². The molecule has 0 aliphatic rings. The molecule has 2 rings (SSSR count). The van der Waals surface area contributed by atoms with E-state index in [1.807, 2.05) is 11.3 Å². The first kappa shape index (κ1) is 8.97. The van der Waals surface area contributed by atoms with Crippen LogP contribution in [0.25, 0.3) is 0 Å². The van der Waals surface area contributed by atoms with Crippen LogP contribution in [0.1, 0.15) is 10.4 Å². The van der Waals surface area contributed by atoms with E-state index in [0.717, 1.165) is 10.9 Å². The molecule has 2 aromatic rings. The second kappa shape index (κ2) is 4.07. The molecule has 0 spiro atoms. The van der Waals surface area contributed by atoms with Crippen LogP contribution >= 0.6 is 27.3 Å². The highest BCUT2D eigenvalue weighted by molar-refractivity contribution is 9.10. The maximum Gasteiger partial charge on any atom is 0.0178 e. The Morgan fingerprint density at radius 1 is 1.15 bits per heavy atom. The van der Waals surface area contributed by atoms with Gasteiger partial charge in [0.1, 0.15) is 0 Å². The Bertz CT molecular complexity index is 379. The van der Waals surface area contributed by atoms with Crippen LogP contribution in [0.2, 0.25) is 0 Å². The summed E-state index contributed by atoms with van der Waals surface area (Å²) in [5.74, 6) is 0. The van der Waals surface area contributed by atoms with Crippen molar-refractivity contribution in [3.63, 3.8) is 0 Å². The molecule has 13 heavy (non-hydrogen) atoms. The average molecular weight is 253 g/mol. The van der Waals surface area contributed by atoms with Crippen LogP contribution in [0.15, 0.2) is 46.3 Å². The van der Waals surface area contributed by atoms with Gasteiger partial charge in [-0.05, 0) is 29.1 Å². The fourth-order valence-electron chi connectivity index (χ4n) is 1.26. The summed E-state index contributed by atoms with van der Waals surface area (Å²) in [6, 6.07) is 12.7. The molecule has 0 unspecified atom stereocenters. The predicted molar refractivity (Wildman–Crippen MR) is 61.3 cm³/mol. The van der Waals surface area contributed by atoms with Gasteiger partial charge in [0.15, 0.2) is 0 Å². The van der Waals surface area contributed by atoms with Crippen molar-refractivity contribution >= 4 is 27.3 Å². The van der Waals surface area contributed by atoms with Crippen molar-refractivity contribution < 1.29 is 0 Å². The molecule has 0 amide bonds. The molecule has 66 valence electrons. The van der Waals surface area contributed by atoms with Crippen molar-refractivity contribution in [3.8, 4) is 0 Å². The van der Waals surface area contributed by atoms with Gasteiger partial charge in [0.25, 0.3) is 0 Å². The molecule has 0 fully saturated rings. The van der Waals surface area contributed by atoms with Crippen LogP contribution in [0.4, 0.5) is 0 Å². The zero-order chi connectivity index (χ0) is 9.10. The van der Waals surface area contributed by atoms with E-state index in [1.54, 1.807) is 0 Å². The number of benzene rings is 1. The summed E-state index contributed by atoms with van der Waals surface area (Å²) in [4.78, 5) is 1.41. The lowest BCUT2D eigenvalue weighted by atomic mass is 10.1. The van der Waals surface area contributed by atoms with Crippen molar-refractivity contribution in [3.05, 3.63) is 56.7 Å². The smallest absolute Gasteiger partial charge is 0.0178 e. The summed E-state index contributed by atoms with van der Waals surface area (Å²) in [6.07, 6.45) is 1.04. The van der Waals surface area contributed by atoms with Crippen LogP contribution in [-0.4, -0.2) is 0 Å². The molecule has 0 aliphatic heterocycles. The van der Waals surface area contributed by atoms with Crippen molar-refractivity contribution in [1.29, 1.82) is 0 Å². The Labute approximate surface area is 90.4 Å². The maximum absolute atomic E-state index is 3.47. The van der Waals surface area contributed by atoms with E-state index in [-0.39, 0.29) is 0 Å². The number of thiophene rings is 1. The summed E-state index contributed by atoms with van der Waals surface area (Å²) >= 11 is 5.28. The van der Waals surface area contributed by atoms with Crippen molar-refractivity contribution in [2.75, 3.05) is 0 Å². The molecule has 1 aromatic heterocycles. The van der Waals surface area contributed by atoms with Crippen LogP contribution < -0.4 is 0 Å². The van der Waals surface area contributed by atoms with Gasteiger partial charge in [-0.2, -0.15) is 0 Å². The molecule has 0 atom stereocenters. The van der Waals surface area contributed by atoms with Crippen molar-refractivity contribution in [1.82, 2.24) is 0 Å². The van der Waals surface area contributed by atoms with E-state index < -0.39 is 0 Å². The van der Waals surface area contributed by atoms with E-state index in [1.165, 1.54) is 10.4 Å². The predicted octanol–water partition coefficient (Wildman–Crippen LogP) is 4.10. The number of halogens is 1. The average Bonchev–Trinajstić information content (AvgIpc) is 2.57. The fourth-order valence-corrected chi connectivity index (χ4v) is 2.45. The van der Waals surface area contributed by atoms with Gasteiger partial charge in [-0.15, -0.1) is 11.3 Å². The van der Waals surface area contributed by atoms with E-state index in [0.29, 0.717) is 0 Å². The standard InChI is InChI=1S/C11H9BrS/c12-10-4-1-3-9(7-10)8-11-5-2-6-13-11/h1-7H,8H2. The minimum atomic E-state index is 1.04. The highest BCUT2D eigenvalue weighted by Crippen LogP contribution is 2.17. The number of hydrogen-bond donors (Lipinski definition) is 0. The zero-order valence-corrected chi connectivity index (χ0v) is 9.44. The maximum atomic E-state index is 3.47. The Morgan fingerprint density at radius 2 is 2.08 bits per heavy atom. The van der Waals surface area contributed by atoms with Crippen LogP contribution in [0.3, 0.4) is 0 Å². The lowest BCUT2D eigenvalue weighted by Gasteiger charge is -1.98. The number of rotatable bonds is 2. The summed E-state index contributed by atoms with van der Waals surface area (Å²) in [5.41, 5.74) is 1.36. The van der Waals surface area contributed by atoms with Gasteiger partial charge in [0, 0.05) is 15.8 Å². The molecule has 1 heterocycles. The molecule has 0 bridgehead atoms. The van der Waals surface area contributed by atoms with Gasteiger partial charge in [-0.25, -0.2) is 0 Å². The van der Waals surface area contributed by atoms with Gasteiger partial charge < -0.3 is 0 Å². The molecule has 0 saturated carbocycles. The lowest BCUT2D eigenvalue weighted by molar-refractivity contribution is 1.24. The monoisotopic (exact) mass is 252 g/mol. The quantitative estimate of drug-likeness (QED) is 0.755. The van der Waals surface area contributed by atoms with Gasteiger partial charge in [-0.1, -0.05) is 34.1 Å². The second-order valence-electron chi connectivity index (χ2n) is 2.89. The topological polar surface area (TPSA) is 0 Å². The first-order chi connectivity index (χ1) is 6.34. The van der Waals surface area contributed by atoms with Crippen molar-refractivity contribution in [2.45, 2.75) is 6.42 Å². The molecule has 0 N–H and O–H groups in total. The van der Waals surface area contributed by atoms with Crippen molar-refractivity contribution in [2.24, 2.45) is 0 Å². The van der Waals surface area contributed by atoms with Gasteiger partial charge in [0.2, 0.25) is 0 Å². The molecular weight excluding hydrogens is 244 g/mol. The summed E-state index contributed by atoms with van der Waals surface area (Å²) in [5, 5.41) is 2.12. The largest absolute Gasteiger partial charge is 0.149 e. The third-order valence-corrected chi connectivity index (χ3v) is 3.22. The first-order valence-corrected chi connectivity index (χ1v) is 5.79. The molecule has 0 saturated heterocycles. The molecule has 2 heteroatoms. The number of hydrogen-bond acceptors (Lipinski definition) is 1. The first-order valence-electron chi connectivity index (χ1n) is 4.11. The van der Waals surface area contributed by atoms with Gasteiger partial charge >= 0.3 is 0 Å². The Kier molecular flexibility index (Phi) is 2.81. The highest BCUT2D eigenvalue weighted by atomic mass is 79.9. The Balaban J connectivity index is 2.19. The molecule has 1 aromatic carbocycles. The fraction of sp³-hybridized carbons (Fsp3) is 0.0909. The zero-order valence-electron chi connectivity index (χ0n) is 7.03. The summed E-state index contributed by atoms with van der Waals surface area (Å²) in [7, 11) is 0. The SMILES string of the molecule is Brc1cccc(Cc2cccs2)c1. The molecule has 0 aliphatic carbocycles. The summed E-state index contributed by atoms with van der Waals surface area (Å²) < 4.78 is 1.15. The van der Waals surface area contributed by atoms with Crippen LogP contribution in [0.5, 0.6) is 0 Å². The minimum absolute atomic E-state index is 1.04. The molecule has 0 radical (unpaired) electrons. The van der Waals surface area contributed by atoms with Gasteiger partial charge in [0.05, 0.1) is 0 Å². The van der Waals surface area contributed by atoms with Crippen LogP contribution in [0, 0.1) is 0 Å². The highest BCUT2D eigenvalue weighted by Gasteiger charge is 1.96. The third-order valence-electron chi connectivity index (χ3n) is 1.85. The molecule has 0 nitrogen and oxygen atoms in total. The Hall–Kier alpha value is -0.600. The Morgan fingerprint density at radius 3 is 2.77 bits per heavy atom. The second-order valence-corrected chi connectivity index (χ2v) is 4.83. The van der Waals surface area contributed by atoms with E-state index in [2.05, 4.69) is 57.7 Å². The lowest BCUT2D eigenvalue weighted by Crippen LogP contribution is -1.83. The molecular formula is C11H9BrS. The van der Waals surface area contributed by atoms with Crippen LogP contribution in [-0.2, 0) is 6.42 Å². The van der Waals surface area contributed by atoms with Gasteiger partial charge in [-0.3, -0.25) is 0 Å². The third kappa shape index (κ3) is 2.42. The summed E-state index contributed by atoms with van der Waals surface area (Å²) in [6.45, 7) is 0.